The Balaban J connectivity index is 2.02. The Morgan fingerprint density at radius 2 is 2.35 bits per heavy atom. The lowest BCUT2D eigenvalue weighted by Crippen LogP contribution is -2.32. The molecule has 0 amide bonds. The lowest BCUT2D eigenvalue weighted by atomic mass is 9.76. The minimum Gasteiger partial charge on any atom is -0.461 e. The maximum absolute atomic E-state index is 5.56. The zero-order chi connectivity index (χ0) is 14.3. The van der Waals surface area contributed by atoms with E-state index in [9.17, 15) is 0 Å². The van der Waals surface area contributed by atoms with Gasteiger partial charge < -0.3 is 9.73 Å². The van der Waals surface area contributed by atoms with Gasteiger partial charge in [-0.15, -0.1) is 11.3 Å². The van der Waals surface area contributed by atoms with Crippen LogP contribution < -0.4 is 5.32 Å². The van der Waals surface area contributed by atoms with Crippen molar-refractivity contribution in [3.05, 3.63) is 27.4 Å². The summed E-state index contributed by atoms with van der Waals surface area (Å²) in [7, 11) is 0. The fraction of sp³-hybridized carbons (Fsp3) is 0.533. The topological polar surface area (TPSA) is 38.1 Å². The zero-order valence-electron chi connectivity index (χ0n) is 12.0. The molecule has 1 aliphatic rings. The van der Waals surface area contributed by atoms with Crippen LogP contribution in [0.1, 0.15) is 43.8 Å². The van der Waals surface area contributed by atoms with Gasteiger partial charge >= 0.3 is 0 Å². The van der Waals surface area contributed by atoms with Crippen molar-refractivity contribution in [2.75, 3.05) is 6.54 Å². The van der Waals surface area contributed by atoms with Crippen molar-refractivity contribution in [1.29, 1.82) is 0 Å². The van der Waals surface area contributed by atoms with E-state index in [-0.39, 0.29) is 0 Å². The first-order valence-electron chi connectivity index (χ1n) is 6.96. The molecule has 1 atom stereocenters. The van der Waals surface area contributed by atoms with E-state index in [2.05, 4.69) is 42.0 Å². The van der Waals surface area contributed by atoms with E-state index in [1.54, 1.807) is 17.6 Å². The van der Waals surface area contributed by atoms with E-state index in [1.165, 1.54) is 10.6 Å². The molecule has 2 aromatic rings. The standard InChI is InChI=1S/C15H19BrN2OS/c1-4-17-10-7-15(2,3)8-11-13(10)20-14(18-11)12-9(16)5-6-19-12/h5-6,10,17H,4,7-8H2,1-3H3. The van der Waals surface area contributed by atoms with Crippen molar-refractivity contribution in [3.63, 3.8) is 0 Å². The average molecular weight is 355 g/mol. The third kappa shape index (κ3) is 2.59. The molecule has 0 saturated heterocycles. The minimum absolute atomic E-state index is 0.297. The molecule has 1 aliphatic carbocycles. The number of fused-ring (bicyclic) bond motifs is 1. The van der Waals surface area contributed by atoms with Crippen molar-refractivity contribution in [2.45, 2.75) is 39.7 Å². The van der Waals surface area contributed by atoms with Crippen molar-refractivity contribution >= 4 is 27.3 Å². The number of halogens is 1. The quantitative estimate of drug-likeness (QED) is 0.860. The number of aromatic nitrogens is 1. The fourth-order valence-corrected chi connectivity index (χ4v) is 4.57. The van der Waals surface area contributed by atoms with Gasteiger partial charge in [-0.1, -0.05) is 20.8 Å². The van der Waals surface area contributed by atoms with Crippen LogP contribution in [0.2, 0.25) is 0 Å². The lowest BCUT2D eigenvalue weighted by molar-refractivity contribution is 0.260. The number of furan rings is 1. The van der Waals surface area contributed by atoms with Gasteiger partial charge in [0.2, 0.25) is 0 Å². The second-order valence-electron chi connectivity index (χ2n) is 6.08. The van der Waals surface area contributed by atoms with E-state index in [1.807, 2.05) is 6.07 Å². The highest BCUT2D eigenvalue weighted by atomic mass is 79.9. The predicted octanol–water partition coefficient (Wildman–Crippen LogP) is 4.79. The monoisotopic (exact) mass is 354 g/mol. The summed E-state index contributed by atoms with van der Waals surface area (Å²) in [5, 5.41) is 4.58. The summed E-state index contributed by atoms with van der Waals surface area (Å²) in [4.78, 5) is 6.22. The molecule has 5 heteroatoms. The number of nitrogens with zero attached hydrogens (tertiary/aromatic N) is 1. The van der Waals surface area contributed by atoms with Crippen LogP contribution in [0.15, 0.2) is 21.2 Å². The van der Waals surface area contributed by atoms with Crippen molar-refractivity contribution in [1.82, 2.24) is 10.3 Å². The third-order valence-corrected chi connectivity index (χ3v) is 5.54. The summed E-state index contributed by atoms with van der Waals surface area (Å²) in [5.74, 6) is 0.845. The predicted molar refractivity (Wildman–Crippen MR) is 86.0 cm³/mol. The van der Waals surface area contributed by atoms with Crippen LogP contribution in [-0.2, 0) is 6.42 Å². The van der Waals surface area contributed by atoms with E-state index < -0.39 is 0 Å². The average Bonchev–Trinajstić information content (AvgIpc) is 2.93. The number of nitrogens with one attached hydrogen (secondary N) is 1. The Kier molecular flexibility index (Phi) is 3.77. The van der Waals surface area contributed by atoms with Gasteiger partial charge in [0, 0.05) is 10.9 Å². The highest BCUT2D eigenvalue weighted by Gasteiger charge is 2.35. The van der Waals surface area contributed by atoms with Gasteiger partial charge in [-0.25, -0.2) is 4.98 Å². The molecule has 0 fully saturated rings. The summed E-state index contributed by atoms with van der Waals surface area (Å²) < 4.78 is 6.53. The Bertz CT molecular complexity index is 617. The molecule has 0 saturated carbocycles. The van der Waals surface area contributed by atoms with Crippen LogP contribution in [0.4, 0.5) is 0 Å². The molecule has 0 spiro atoms. The van der Waals surface area contributed by atoms with E-state index in [4.69, 9.17) is 9.40 Å². The van der Waals surface area contributed by atoms with Crippen LogP contribution in [0.5, 0.6) is 0 Å². The van der Waals surface area contributed by atoms with Gasteiger partial charge in [0.15, 0.2) is 10.8 Å². The summed E-state index contributed by atoms with van der Waals surface area (Å²) >= 11 is 5.28. The van der Waals surface area contributed by atoms with Gasteiger partial charge in [-0.05, 0) is 46.8 Å². The first-order chi connectivity index (χ1) is 9.50. The Hall–Kier alpha value is -0.650. The molecule has 1 unspecified atom stereocenters. The van der Waals surface area contributed by atoms with E-state index >= 15 is 0 Å². The number of rotatable bonds is 3. The normalized spacial score (nSPS) is 20.9. The van der Waals surface area contributed by atoms with Gasteiger partial charge in [-0.3, -0.25) is 0 Å². The maximum atomic E-state index is 5.56. The molecule has 108 valence electrons. The molecule has 0 bridgehead atoms. The highest BCUT2D eigenvalue weighted by molar-refractivity contribution is 9.10. The summed E-state index contributed by atoms with van der Waals surface area (Å²) in [6.45, 7) is 7.79. The van der Waals surface area contributed by atoms with Crippen LogP contribution in [0, 0.1) is 5.41 Å². The van der Waals surface area contributed by atoms with Gasteiger partial charge in [-0.2, -0.15) is 0 Å². The largest absolute Gasteiger partial charge is 0.461 e. The number of thiazole rings is 1. The van der Waals surface area contributed by atoms with Gasteiger partial charge in [0.05, 0.1) is 16.4 Å². The second-order valence-corrected chi connectivity index (χ2v) is 7.97. The van der Waals surface area contributed by atoms with E-state index in [0.29, 0.717) is 11.5 Å². The van der Waals surface area contributed by atoms with Crippen molar-refractivity contribution in [3.8, 4) is 10.8 Å². The third-order valence-electron chi connectivity index (χ3n) is 3.71. The highest BCUT2D eigenvalue weighted by Crippen LogP contribution is 2.45. The van der Waals surface area contributed by atoms with Crippen molar-refractivity contribution in [2.24, 2.45) is 5.41 Å². The van der Waals surface area contributed by atoms with Gasteiger partial charge in [0.25, 0.3) is 0 Å². The van der Waals surface area contributed by atoms with E-state index in [0.717, 1.165) is 34.6 Å². The Labute approximate surface area is 131 Å². The molecular weight excluding hydrogens is 336 g/mol. The molecule has 2 heterocycles. The first-order valence-corrected chi connectivity index (χ1v) is 8.57. The molecule has 0 aliphatic heterocycles. The summed E-state index contributed by atoms with van der Waals surface area (Å²) in [6.07, 6.45) is 3.90. The van der Waals surface area contributed by atoms with Crippen LogP contribution >= 0.6 is 27.3 Å². The second kappa shape index (κ2) is 5.28. The molecule has 1 N–H and O–H groups in total. The molecule has 0 aromatic carbocycles. The number of hydrogen-bond donors (Lipinski definition) is 1. The van der Waals surface area contributed by atoms with Crippen molar-refractivity contribution < 1.29 is 4.42 Å². The Morgan fingerprint density at radius 1 is 1.55 bits per heavy atom. The molecule has 3 nitrogen and oxygen atoms in total. The number of hydrogen-bond acceptors (Lipinski definition) is 4. The molecule has 2 aromatic heterocycles. The van der Waals surface area contributed by atoms with Crippen LogP contribution in [-0.4, -0.2) is 11.5 Å². The zero-order valence-corrected chi connectivity index (χ0v) is 14.4. The van der Waals surface area contributed by atoms with Crippen LogP contribution in [0.3, 0.4) is 0 Å². The van der Waals surface area contributed by atoms with Crippen LogP contribution in [0.25, 0.3) is 10.8 Å². The summed E-state index contributed by atoms with van der Waals surface area (Å²) in [5.41, 5.74) is 1.53. The minimum atomic E-state index is 0.297. The first kappa shape index (κ1) is 14.3. The Morgan fingerprint density at radius 3 is 3.00 bits per heavy atom. The molecule has 3 rings (SSSR count). The molecule has 0 radical (unpaired) electrons. The molecular formula is C15H19BrN2OS. The smallest absolute Gasteiger partial charge is 0.176 e. The SMILES string of the molecule is CCNC1CC(C)(C)Cc2nc(-c3occc3Br)sc21. The lowest BCUT2D eigenvalue weighted by Gasteiger charge is -2.34. The molecule has 20 heavy (non-hydrogen) atoms. The maximum Gasteiger partial charge on any atom is 0.176 e. The van der Waals surface area contributed by atoms with Gasteiger partial charge in [0.1, 0.15) is 0 Å². The summed E-state index contributed by atoms with van der Waals surface area (Å²) in [6, 6.07) is 2.33. The fourth-order valence-electron chi connectivity index (χ4n) is 2.89.